The summed E-state index contributed by atoms with van der Waals surface area (Å²) >= 11 is 3.57. The smallest absolute Gasteiger partial charge is 0.142 e. The molecule has 100 valence electrons. The molecule has 18 heavy (non-hydrogen) atoms. The van der Waals surface area contributed by atoms with E-state index in [-0.39, 0.29) is 0 Å². The molecule has 0 spiro atoms. The Balaban J connectivity index is 2.06. The van der Waals surface area contributed by atoms with Gasteiger partial charge in [-0.1, -0.05) is 0 Å². The van der Waals surface area contributed by atoms with Crippen LogP contribution in [0, 0.1) is 0 Å². The molecule has 1 atom stereocenters. The molecular weight excluding hydrogens is 294 g/mol. The van der Waals surface area contributed by atoms with Crippen molar-refractivity contribution in [2.75, 3.05) is 38.3 Å². The standard InChI is InChI=1S/C13H20BrN3O/c1-18-9-8-17(10-11-4-2-6-15-11)13-12(14)5-3-7-16-13/h3,5,7,11,15H,2,4,6,8-10H2,1H3. The van der Waals surface area contributed by atoms with Gasteiger partial charge in [-0.15, -0.1) is 0 Å². The van der Waals surface area contributed by atoms with Crippen molar-refractivity contribution in [3.8, 4) is 0 Å². The molecule has 1 saturated heterocycles. The van der Waals surface area contributed by atoms with Gasteiger partial charge in [0.2, 0.25) is 0 Å². The van der Waals surface area contributed by atoms with Gasteiger partial charge < -0.3 is 15.0 Å². The van der Waals surface area contributed by atoms with Crippen molar-refractivity contribution in [3.63, 3.8) is 0 Å². The number of ether oxygens (including phenoxy) is 1. The topological polar surface area (TPSA) is 37.4 Å². The number of methoxy groups -OCH3 is 1. The molecule has 1 unspecified atom stereocenters. The van der Waals surface area contributed by atoms with Gasteiger partial charge in [0.25, 0.3) is 0 Å². The van der Waals surface area contributed by atoms with Crippen LogP contribution in [0.2, 0.25) is 0 Å². The van der Waals surface area contributed by atoms with Crippen molar-refractivity contribution in [1.29, 1.82) is 0 Å². The quantitative estimate of drug-likeness (QED) is 0.872. The number of hydrogen-bond acceptors (Lipinski definition) is 4. The lowest BCUT2D eigenvalue weighted by atomic mass is 10.2. The van der Waals surface area contributed by atoms with Crippen molar-refractivity contribution < 1.29 is 4.74 Å². The lowest BCUT2D eigenvalue weighted by Gasteiger charge is -2.27. The lowest BCUT2D eigenvalue weighted by Crippen LogP contribution is -2.39. The lowest BCUT2D eigenvalue weighted by molar-refractivity contribution is 0.204. The third kappa shape index (κ3) is 3.67. The first-order valence-corrected chi connectivity index (χ1v) is 7.18. The highest BCUT2D eigenvalue weighted by Crippen LogP contribution is 2.23. The zero-order chi connectivity index (χ0) is 12.8. The molecule has 4 nitrogen and oxygen atoms in total. The summed E-state index contributed by atoms with van der Waals surface area (Å²) in [7, 11) is 1.74. The van der Waals surface area contributed by atoms with E-state index < -0.39 is 0 Å². The van der Waals surface area contributed by atoms with Gasteiger partial charge in [-0.3, -0.25) is 0 Å². The van der Waals surface area contributed by atoms with Crippen LogP contribution < -0.4 is 10.2 Å². The molecule has 1 aliphatic rings. The number of aromatic nitrogens is 1. The number of hydrogen-bond donors (Lipinski definition) is 1. The largest absolute Gasteiger partial charge is 0.383 e. The molecular formula is C13H20BrN3O. The van der Waals surface area contributed by atoms with Crippen LogP contribution in [-0.2, 0) is 4.74 Å². The molecule has 5 heteroatoms. The van der Waals surface area contributed by atoms with Crippen LogP contribution in [0.5, 0.6) is 0 Å². The average molecular weight is 314 g/mol. The van der Waals surface area contributed by atoms with Crippen LogP contribution >= 0.6 is 15.9 Å². The molecule has 2 heterocycles. The predicted octanol–water partition coefficient (Wildman–Crippen LogP) is 2.05. The van der Waals surface area contributed by atoms with E-state index in [0.29, 0.717) is 6.04 Å². The van der Waals surface area contributed by atoms with Crippen molar-refractivity contribution in [3.05, 3.63) is 22.8 Å². The summed E-state index contributed by atoms with van der Waals surface area (Å²) < 4.78 is 6.23. The van der Waals surface area contributed by atoms with Crippen molar-refractivity contribution in [2.24, 2.45) is 0 Å². The molecule has 1 aromatic rings. The van der Waals surface area contributed by atoms with E-state index in [4.69, 9.17) is 4.74 Å². The highest BCUT2D eigenvalue weighted by molar-refractivity contribution is 9.10. The summed E-state index contributed by atoms with van der Waals surface area (Å²) in [5.74, 6) is 1.00. The van der Waals surface area contributed by atoms with Crippen LogP contribution in [0.3, 0.4) is 0 Å². The molecule has 1 aromatic heterocycles. The van der Waals surface area contributed by atoms with Crippen molar-refractivity contribution in [2.45, 2.75) is 18.9 Å². The van der Waals surface area contributed by atoms with E-state index in [1.54, 1.807) is 7.11 Å². The Labute approximate surface area is 117 Å². The first-order chi connectivity index (χ1) is 8.81. The van der Waals surface area contributed by atoms with Gasteiger partial charge >= 0.3 is 0 Å². The summed E-state index contributed by atoms with van der Waals surface area (Å²) in [6.07, 6.45) is 4.35. The molecule has 0 aromatic carbocycles. The highest BCUT2D eigenvalue weighted by atomic mass is 79.9. The van der Waals surface area contributed by atoms with Crippen LogP contribution in [0.25, 0.3) is 0 Å². The van der Waals surface area contributed by atoms with Crippen LogP contribution in [0.4, 0.5) is 5.82 Å². The molecule has 1 N–H and O–H groups in total. The Morgan fingerprint density at radius 3 is 3.17 bits per heavy atom. The Morgan fingerprint density at radius 1 is 1.61 bits per heavy atom. The first kappa shape index (κ1) is 13.8. The van der Waals surface area contributed by atoms with E-state index in [0.717, 1.165) is 36.5 Å². The number of anilines is 1. The zero-order valence-corrected chi connectivity index (χ0v) is 12.3. The predicted molar refractivity (Wildman–Crippen MR) is 77.1 cm³/mol. The number of halogens is 1. The second-order valence-electron chi connectivity index (χ2n) is 4.54. The number of rotatable bonds is 6. The van der Waals surface area contributed by atoms with Gasteiger partial charge in [-0.25, -0.2) is 4.98 Å². The average Bonchev–Trinajstić information content (AvgIpc) is 2.88. The number of pyridine rings is 1. The van der Waals surface area contributed by atoms with Gasteiger partial charge in [0.15, 0.2) is 0 Å². The maximum atomic E-state index is 5.19. The molecule has 1 fully saturated rings. The van der Waals surface area contributed by atoms with Gasteiger partial charge in [0.1, 0.15) is 5.82 Å². The van der Waals surface area contributed by atoms with E-state index in [1.165, 1.54) is 12.8 Å². The monoisotopic (exact) mass is 313 g/mol. The van der Waals surface area contributed by atoms with E-state index in [1.807, 2.05) is 18.3 Å². The molecule has 0 aliphatic carbocycles. The van der Waals surface area contributed by atoms with Crippen LogP contribution in [0.15, 0.2) is 22.8 Å². The molecule has 0 saturated carbocycles. The minimum Gasteiger partial charge on any atom is -0.383 e. The number of nitrogens with zero attached hydrogens (tertiary/aromatic N) is 2. The Kier molecular flexibility index (Phi) is 5.41. The van der Waals surface area contributed by atoms with Gasteiger partial charge in [-0.05, 0) is 47.4 Å². The van der Waals surface area contributed by atoms with Crippen molar-refractivity contribution in [1.82, 2.24) is 10.3 Å². The Morgan fingerprint density at radius 2 is 2.50 bits per heavy atom. The van der Waals surface area contributed by atoms with Crippen LogP contribution in [-0.4, -0.2) is 44.4 Å². The van der Waals surface area contributed by atoms with Crippen LogP contribution in [0.1, 0.15) is 12.8 Å². The SMILES string of the molecule is COCCN(CC1CCCN1)c1ncccc1Br. The normalized spacial score (nSPS) is 19.1. The molecule has 0 radical (unpaired) electrons. The van der Waals surface area contributed by atoms with Crippen molar-refractivity contribution >= 4 is 21.7 Å². The third-order valence-electron chi connectivity index (χ3n) is 3.21. The summed E-state index contributed by atoms with van der Waals surface area (Å²) in [5, 5.41) is 3.53. The molecule has 2 rings (SSSR count). The minimum atomic E-state index is 0.566. The summed E-state index contributed by atoms with van der Waals surface area (Å²) in [5.41, 5.74) is 0. The summed E-state index contributed by atoms with van der Waals surface area (Å²) in [4.78, 5) is 6.76. The van der Waals surface area contributed by atoms with E-state index in [9.17, 15) is 0 Å². The number of nitrogens with one attached hydrogen (secondary N) is 1. The van der Waals surface area contributed by atoms with E-state index >= 15 is 0 Å². The molecule has 0 amide bonds. The maximum Gasteiger partial charge on any atom is 0.142 e. The maximum absolute atomic E-state index is 5.19. The molecule has 0 bridgehead atoms. The zero-order valence-electron chi connectivity index (χ0n) is 10.7. The minimum absolute atomic E-state index is 0.566. The summed E-state index contributed by atoms with van der Waals surface area (Å²) in [6, 6.07) is 4.54. The van der Waals surface area contributed by atoms with Gasteiger partial charge in [0, 0.05) is 32.4 Å². The fourth-order valence-electron chi connectivity index (χ4n) is 2.27. The summed E-state index contributed by atoms with van der Waals surface area (Å²) in [6.45, 7) is 3.70. The second-order valence-corrected chi connectivity index (χ2v) is 5.40. The molecule has 1 aliphatic heterocycles. The fourth-order valence-corrected chi connectivity index (χ4v) is 2.78. The second kappa shape index (κ2) is 7.07. The van der Waals surface area contributed by atoms with E-state index in [2.05, 4.69) is 31.1 Å². The van der Waals surface area contributed by atoms with Gasteiger partial charge in [0.05, 0.1) is 11.1 Å². The highest BCUT2D eigenvalue weighted by Gasteiger charge is 2.19. The Bertz CT molecular complexity index is 369. The van der Waals surface area contributed by atoms with Gasteiger partial charge in [-0.2, -0.15) is 0 Å². The first-order valence-electron chi connectivity index (χ1n) is 6.39. The fraction of sp³-hybridized carbons (Fsp3) is 0.615. The Hall–Kier alpha value is -0.650. The third-order valence-corrected chi connectivity index (χ3v) is 3.83.